The number of hydrogen-bond donors (Lipinski definition) is 1. The number of carbonyl (C=O) groups is 2. The number of rotatable bonds is 8. The van der Waals surface area contributed by atoms with Crippen molar-refractivity contribution in [1.82, 2.24) is 14.9 Å². The lowest BCUT2D eigenvalue weighted by atomic mass is 9.98. The summed E-state index contributed by atoms with van der Waals surface area (Å²) in [6, 6.07) is 18.9. The minimum Gasteiger partial charge on any atom is -0.459 e. The van der Waals surface area contributed by atoms with Crippen molar-refractivity contribution in [1.29, 1.82) is 0 Å². The van der Waals surface area contributed by atoms with Crippen LogP contribution in [0, 0.1) is 5.92 Å². The van der Waals surface area contributed by atoms with Gasteiger partial charge in [0, 0.05) is 30.8 Å². The molecule has 2 heterocycles. The Balaban J connectivity index is 1.46. The Morgan fingerprint density at radius 2 is 1.80 bits per heavy atom. The second-order valence-corrected chi connectivity index (χ2v) is 7.60. The van der Waals surface area contributed by atoms with Gasteiger partial charge in [0.25, 0.3) is 0 Å². The molecule has 3 aromatic rings. The predicted octanol–water partition coefficient (Wildman–Crippen LogP) is 3.16. The first-order valence-corrected chi connectivity index (χ1v) is 10.2. The van der Waals surface area contributed by atoms with E-state index in [1.54, 1.807) is 17.4 Å². The van der Waals surface area contributed by atoms with Crippen LogP contribution in [-0.4, -0.2) is 39.3 Å². The predicted molar refractivity (Wildman–Crippen MR) is 112 cm³/mol. The maximum absolute atomic E-state index is 13.2. The summed E-state index contributed by atoms with van der Waals surface area (Å²) >= 11 is 0. The monoisotopic (exact) mass is 403 g/mol. The van der Waals surface area contributed by atoms with Gasteiger partial charge in [-0.2, -0.15) is 0 Å². The summed E-state index contributed by atoms with van der Waals surface area (Å²) in [5.41, 5.74) is 2.85. The molecule has 0 spiro atoms. The zero-order chi connectivity index (χ0) is 20.8. The molecular weight excluding hydrogens is 378 g/mol. The summed E-state index contributed by atoms with van der Waals surface area (Å²) in [6.45, 7) is 0.740. The Bertz CT molecular complexity index is 958. The molecule has 30 heavy (non-hydrogen) atoms. The molecule has 1 aromatic heterocycles. The number of nitrogens with zero attached hydrogens (tertiary/aromatic N) is 2. The molecule has 0 bridgehead atoms. The van der Waals surface area contributed by atoms with Crippen molar-refractivity contribution in [2.24, 2.45) is 5.92 Å². The average molecular weight is 403 g/mol. The lowest BCUT2D eigenvalue weighted by molar-refractivity contribution is -0.155. The number of hydrogen-bond acceptors (Lipinski definition) is 4. The Labute approximate surface area is 175 Å². The number of carbonyl (C=O) groups excluding carboxylic acids is 2. The zero-order valence-corrected chi connectivity index (χ0v) is 16.7. The molecule has 1 fully saturated rings. The number of aromatic amines is 1. The summed E-state index contributed by atoms with van der Waals surface area (Å²) in [6.07, 6.45) is 5.04. The van der Waals surface area contributed by atoms with Gasteiger partial charge in [-0.25, -0.2) is 9.78 Å². The molecule has 0 radical (unpaired) electrons. The molecule has 6 heteroatoms. The van der Waals surface area contributed by atoms with Gasteiger partial charge in [0.05, 0.1) is 6.33 Å². The third-order valence-corrected chi connectivity index (χ3v) is 5.52. The van der Waals surface area contributed by atoms with Crippen LogP contribution in [0.2, 0.25) is 0 Å². The average Bonchev–Trinajstić information content (AvgIpc) is 3.42. The number of H-pyrrole nitrogens is 1. The van der Waals surface area contributed by atoms with Gasteiger partial charge in [-0.15, -0.1) is 0 Å². The van der Waals surface area contributed by atoms with Crippen LogP contribution >= 0.6 is 0 Å². The van der Waals surface area contributed by atoms with Gasteiger partial charge >= 0.3 is 5.97 Å². The molecule has 1 saturated heterocycles. The quantitative estimate of drug-likeness (QED) is 0.586. The van der Waals surface area contributed by atoms with Crippen LogP contribution < -0.4 is 0 Å². The van der Waals surface area contributed by atoms with Gasteiger partial charge in [0.2, 0.25) is 5.91 Å². The summed E-state index contributed by atoms with van der Waals surface area (Å²) in [5, 5.41) is 0. The first-order valence-electron chi connectivity index (χ1n) is 10.2. The normalized spacial score (nSPS) is 17.1. The Kier molecular flexibility index (Phi) is 6.23. The number of esters is 1. The van der Waals surface area contributed by atoms with Gasteiger partial charge in [-0.3, -0.25) is 4.79 Å². The maximum Gasteiger partial charge on any atom is 0.329 e. The molecule has 1 aliphatic rings. The number of ether oxygens (including phenoxy) is 1. The molecule has 1 N–H and O–H groups in total. The van der Waals surface area contributed by atoms with E-state index in [-0.39, 0.29) is 24.4 Å². The number of amides is 1. The first kappa shape index (κ1) is 19.9. The standard InChI is InChI=1S/C24H25N3O3/c28-23-20(13-18-7-3-1-4-8-18)11-12-27(23)22(14-21-15-25-17-26-21)24(29)30-16-19-9-5-2-6-10-19/h1-10,15,17,20,22H,11-14,16H2,(H,25,26)/t20-,22+/m1/s1. The second-order valence-electron chi connectivity index (χ2n) is 7.60. The minimum absolute atomic E-state index is 0.0139. The van der Waals surface area contributed by atoms with Gasteiger partial charge < -0.3 is 14.6 Å². The van der Waals surface area contributed by atoms with E-state index < -0.39 is 6.04 Å². The van der Waals surface area contributed by atoms with Crippen molar-refractivity contribution in [2.75, 3.05) is 6.54 Å². The van der Waals surface area contributed by atoms with Gasteiger partial charge in [-0.1, -0.05) is 60.7 Å². The van der Waals surface area contributed by atoms with E-state index >= 15 is 0 Å². The Hall–Kier alpha value is -3.41. The summed E-state index contributed by atoms with van der Waals surface area (Å²) in [5.74, 6) is -0.485. The molecule has 0 unspecified atom stereocenters. The number of aromatic nitrogens is 2. The fourth-order valence-electron chi connectivity index (χ4n) is 3.91. The highest BCUT2D eigenvalue weighted by Crippen LogP contribution is 2.26. The maximum atomic E-state index is 13.2. The highest BCUT2D eigenvalue weighted by molar-refractivity contribution is 5.87. The number of nitrogens with one attached hydrogen (secondary N) is 1. The lowest BCUT2D eigenvalue weighted by Gasteiger charge is -2.26. The van der Waals surface area contributed by atoms with Crippen molar-refractivity contribution >= 4 is 11.9 Å². The van der Waals surface area contributed by atoms with Crippen molar-refractivity contribution in [3.8, 4) is 0 Å². The SMILES string of the molecule is O=C(OCc1ccccc1)[C@H](Cc1cnc[nH]1)N1CC[C@H](Cc2ccccc2)C1=O. The fourth-order valence-corrected chi connectivity index (χ4v) is 3.91. The molecule has 0 saturated carbocycles. The molecule has 154 valence electrons. The van der Waals surface area contributed by atoms with Crippen LogP contribution in [0.3, 0.4) is 0 Å². The highest BCUT2D eigenvalue weighted by Gasteiger charge is 2.39. The molecule has 4 rings (SSSR count). The molecule has 0 aliphatic carbocycles. The van der Waals surface area contributed by atoms with Crippen LogP contribution in [0.4, 0.5) is 0 Å². The zero-order valence-electron chi connectivity index (χ0n) is 16.7. The van der Waals surface area contributed by atoms with Crippen LogP contribution in [0.25, 0.3) is 0 Å². The molecule has 1 aliphatic heterocycles. The number of imidazole rings is 1. The van der Waals surface area contributed by atoms with Gasteiger partial charge in [0.1, 0.15) is 12.6 Å². The van der Waals surface area contributed by atoms with Crippen molar-refractivity contribution in [3.63, 3.8) is 0 Å². The number of benzene rings is 2. The van der Waals surface area contributed by atoms with Gasteiger partial charge in [0.15, 0.2) is 0 Å². The summed E-state index contributed by atoms with van der Waals surface area (Å²) in [7, 11) is 0. The van der Waals surface area contributed by atoms with E-state index in [1.165, 1.54) is 0 Å². The van der Waals surface area contributed by atoms with Crippen LogP contribution in [-0.2, 0) is 33.8 Å². The first-order chi connectivity index (χ1) is 14.7. The van der Waals surface area contributed by atoms with Crippen molar-refractivity contribution in [2.45, 2.75) is 31.9 Å². The molecule has 6 nitrogen and oxygen atoms in total. The van der Waals surface area contributed by atoms with E-state index in [2.05, 4.69) is 9.97 Å². The smallest absolute Gasteiger partial charge is 0.329 e. The van der Waals surface area contributed by atoms with E-state index in [0.29, 0.717) is 19.4 Å². The summed E-state index contributed by atoms with van der Waals surface area (Å²) in [4.78, 5) is 34.9. The van der Waals surface area contributed by atoms with Crippen molar-refractivity contribution in [3.05, 3.63) is 90.0 Å². The van der Waals surface area contributed by atoms with Crippen LogP contribution in [0.5, 0.6) is 0 Å². The van der Waals surface area contributed by atoms with E-state index in [1.807, 2.05) is 60.7 Å². The molecule has 2 atom stereocenters. The molecule has 1 amide bonds. The minimum atomic E-state index is -0.664. The highest BCUT2D eigenvalue weighted by atomic mass is 16.5. The van der Waals surface area contributed by atoms with Gasteiger partial charge in [-0.05, 0) is 24.0 Å². The topological polar surface area (TPSA) is 75.3 Å². The largest absolute Gasteiger partial charge is 0.459 e. The lowest BCUT2D eigenvalue weighted by Crippen LogP contribution is -2.45. The van der Waals surface area contributed by atoms with E-state index in [9.17, 15) is 9.59 Å². The van der Waals surface area contributed by atoms with Crippen molar-refractivity contribution < 1.29 is 14.3 Å². The Morgan fingerprint density at radius 3 is 2.47 bits per heavy atom. The molecular formula is C24H25N3O3. The fraction of sp³-hybridized carbons (Fsp3) is 0.292. The van der Waals surface area contributed by atoms with Crippen LogP contribution in [0.1, 0.15) is 23.2 Å². The Morgan fingerprint density at radius 1 is 1.10 bits per heavy atom. The van der Waals surface area contributed by atoms with Crippen LogP contribution in [0.15, 0.2) is 73.2 Å². The third-order valence-electron chi connectivity index (χ3n) is 5.52. The third kappa shape index (κ3) is 4.76. The molecule has 2 aromatic carbocycles. The van der Waals surface area contributed by atoms with E-state index in [4.69, 9.17) is 4.74 Å². The second kappa shape index (κ2) is 9.39. The van der Waals surface area contributed by atoms with E-state index in [0.717, 1.165) is 23.2 Å². The summed E-state index contributed by atoms with van der Waals surface area (Å²) < 4.78 is 5.59. The number of likely N-dealkylation sites (tertiary alicyclic amines) is 1.